The standard InChI is InChI=1S/C10H7NO4/c12-9(13)6-3-5-1-2-11-8(5)7(4-6)10(14)15/h1-4,11H,(H,12,13)(H,14,15). The van der Waals surface area contributed by atoms with Crippen molar-refractivity contribution in [2.45, 2.75) is 0 Å². The summed E-state index contributed by atoms with van der Waals surface area (Å²) in [5.41, 5.74) is 0.377. The fourth-order valence-corrected chi connectivity index (χ4v) is 1.46. The van der Waals surface area contributed by atoms with Crippen molar-refractivity contribution in [1.29, 1.82) is 0 Å². The van der Waals surface area contributed by atoms with Crippen LogP contribution in [0.3, 0.4) is 0 Å². The first kappa shape index (κ1) is 9.26. The third-order valence-electron chi connectivity index (χ3n) is 2.14. The van der Waals surface area contributed by atoms with Gasteiger partial charge in [0.2, 0.25) is 0 Å². The quantitative estimate of drug-likeness (QED) is 0.693. The molecule has 0 aliphatic heterocycles. The van der Waals surface area contributed by atoms with E-state index in [9.17, 15) is 9.59 Å². The van der Waals surface area contributed by atoms with E-state index in [0.29, 0.717) is 10.9 Å². The van der Waals surface area contributed by atoms with E-state index < -0.39 is 11.9 Å². The summed E-state index contributed by atoms with van der Waals surface area (Å²) in [5, 5.41) is 18.3. The Kier molecular flexibility index (Phi) is 1.93. The van der Waals surface area contributed by atoms with Crippen molar-refractivity contribution < 1.29 is 19.8 Å². The summed E-state index contributed by atoms with van der Waals surface area (Å²) in [6.07, 6.45) is 1.57. The molecule has 0 amide bonds. The lowest BCUT2D eigenvalue weighted by molar-refractivity contribution is 0.0696. The Bertz CT molecular complexity index is 556. The topological polar surface area (TPSA) is 90.4 Å². The fraction of sp³-hybridized carbons (Fsp3) is 0. The van der Waals surface area contributed by atoms with E-state index >= 15 is 0 Å². The van der Waals surface area contributed by atoms with Gasteiger partial charge in [-0.3, -0.25) is 0 Å². The van der Waals surface area contributed by atoms with Crippen LogP contribution in [0.25, 0.3) is 10.9 Å². The third-order valence-corrected chi connectivity index (χ3v) is 2.14. The Morgan fingerprint density at radius 1 is 1.13 bits per heavy atom. The largest absolute Gasteiger partial charge is 0.478 e. The number of fused-ring (bicyclic) bond motifs is 1. The fourth-order valence-electron chi connectivity index (χ4n) is 1.46. The van der Waals surface area contributed by atoms with Gasteiger partial charge >= 0.3 is 11.9 Å². The number of aromatic nitrogens is 1. The Hall–Kier alpha value is -2.30. The lowest BCUT2D eigenvalue weighted by atomic mass is 10.1. The van der Waals surface area contributed by atoms with Crippen LogP contribution in [0, 0.1) is 0 Å². The van der Waals surface area contributed by atoms with E-state index in [2.05, 4.69) is 4.98 Å². The minimum Gasteiger partial charge on any atom is -0.478 e. The van der Waals surface area contributed by atoms with Crippen molar-refractivity contribution in [1.82, 2.24) is 4.98 Å². The molecule has 0 unspecified atom stereocenters. The molecular weight excluding hydrogens is 198 g/mol. The average Bonchev–Trinajstić information content (AvgIpc) is 2.62. The zero-order valence-corrected chi connectivity index (χ0v) is 7.52. The maximum Gasteiger partial charge on any atom is 0.337 e. The highest BCUT2D eigenvalue weighted by Gasteiger charge is 2.14. The highest BCUT2D eigenvalue weighted by Crippen LogP contribution is 2.20. The number of carbonyl (C=O) groups is 2. The summed E-state index contributed by atoms with van der Waals surface area (Å²) in [4.78, 5) is 24.4. The molecule has 76 valence electrons. The van der Waals surface area contributed by atoms with E-state index in [1.807, 2.05) is 0 Å². The van der Waals surface area contributed by atoms with E-state index in [1.165, 1.54) is 6.07 Å². The van der Waals surface area contributed by atoms with Crippen LogP contribution in [-0.2, 0) is 0 Å². The van der Waals surface area contributed by atoms with Crippen molar-refractivity contribution in [3.63, 3.8) is 0 Å². The first-order valence-electron chi connectivity index (χ1n) is 4.17. The predicted octanol–water partition coefficient (Wildman–Crippen LogP) is 1.56. The van der Waals surface area contributed by atoms with E-state index in [0.717, 1.165) is 6.07 Å². The summed E-state index contributed by atoms with van der Waals surface area (Å²) in [7, 11) is 0. The summed E-state index contributed by atoms with van der Waals surface area (Å²) >= 11 is 0. The van der Waals surface area contributed by atoms with E-state index in [4.69, 9.17) is 10.2 Å². The zero-order valence-electron chi connectivity index (χ0n) is 7.52. The molecule has 1 aromatic heterocycles. The SMILES string of the molecule is O=C(O)c1cc(C(=O)O)c2[nH]ccc2c1. The first-order chi connectivity index (χ1) is 7.09. The number of aromatic carboxylic acids is 2. The van der Waals surface area contributed by atoms with Crippen LogP contribution in [-0.4, -0.2) is 27.1 Å². The van der Waals surface area contributed by atoms with Gasteiger partial charge in [0.15, 0.2) is 0 Å². The van der Waals surface area contributed by atoms with E-state index in [-0.39, 0.29) is 11.1 Å². The summed E-state index contributed by atoms with van der Waals surface area (Å²) in [5.74, 6) is -2.29. The van der Waals surface area contributed by atoms with Gasteiger partial charge < -0.3 is 15.2 Å². The van der Waals surface area contributed by atoms with Crippen LogP contribution in [0.1, 0.15) is 20.7 Å². The molecule has 0 radical (unpaired) electrons. The predicted molar refractivity (Wildman–Crippen MR) is 52.2 cm³/mol. The lowest BCUT2D eigenvalue weighted by Crippen LogP contribution is -2.02. The summed E-state index contributed by atoms with van der Waals surface area (Å²) < 4.78 is 0. The molecule has 0 aliphatic rings. The maximum atomic E-state index is 10.9. The molecule has 2 rings (SSSR count). The molecule has 0 saturated heterocycles. The first-order valence-corrected chi connectivity index (χ1v) is 4.17. The number of hydrogen-bond donors (Lipinski definition) is 3. The third kappa shape index (κ3) is 1.43. The maximum absolute atomic E-state index is 10.9. The number of hydrogen-bond acceptors (Lipinski definition) is 2. The van der Waals surface area contributed by atoms with Crippen LogP contribution in [0.5, 0.6) is 0 Å². The second kappa shape index (κ2) is 3.13. The number of H-pyrrole nitrogens is 1. The van der Waals surface area contributed by atoms with Crippen molar-refractivity contribution in [2.24, 2.45) is 0 Å². The van der Waals surface area contributed by atoms with Gasteiger partial charge in [-0.15, -0.1) is 0 Å². The molecule has 2 aromatic rings. The van der Waals surface area contributed by atoms with Gasteiger partial charge in [-0.2, -0.15) is 0 Å². The van der Waals surface area contributed by atoms with Crippen LogP contribution < -0.4 is 0 Å². The molecule has 0 saturated carbocycles. The number of carboxylic acid groups (broad SMARTS) is 2. The molecule has 5 nitrogen and oxygen atoms in total. The van der Waals surface area contributed by atoms with Crippen LogP contribution in [0.15, 0.2) is 24.4 Å². The highest BCUT2D eigenvalue weighted by atomic mass is 16.4. The Morgan fingerprint density at radius 2 is 1.87 bits per heavy atom. The normalized spacial score (nSPS) is 10.4. The highest BCUT2D eigenvalue weighted by molar-refractivity contribution is 6.05. The summed E-state index contributed by atoms with van der Waals surface area (Å²) in [6, 6.07) is 4.21. The van der Waals surface area contributed by atoms with Crippen LogP contribution in [0.2, 0.25) is 0 Å². The molecule has 3 N–H and O–H groups in total. The zero-order chi connectivity index (χ0) is 11.0. The Labute approximate surface area is 84.0 Å². The van der Waals surface area contributed by atoms with Gasteiger partial charge in [-0.25, -0.2) is 9.59 Å². The molecule has 1 heterocycles. The molecule has 0 bridgehead atoms. The lowest BCUT2D eigenvalue weighted by Gasteiger charge is -2.00. The number of carboxylic acids is 2. The van der Waals surface area contributed by atoms with Crippen molar-refractivity contribution in [3.8, 4) is 0 Å². The monoisotopic (exact) mass is 205 g/mol. The average molecular weight is 205 g/mol. The molecule has 0 fully saturated rings. The van der Waals surface area contributed by atoms with Crippen molar-refractivity contribution in [2.75, 3.05) is 0 Å². The van der Waals surface area contributed by atoms with Crippen LogP contribution in [0.4, 0.5) is 0 Å². The number of nitrogens with one attached hydrogen (secondary N) is 1. The molecule has 5 heteroatoms. The molecule has 0 atom stereocenters. The van der Waals surface area contributed by atoms with Gasteiger partial charge in [-0.05, 0) is 18.2 Å². The van der Waals surface area contributed by atoms with Crippen molar-refractivity contribution >= 4 is 22.8 Å². The van der Waals surface area contributed by atoms with Crippen molar-refractivity contribution in [3.05, 3.63) is 35.5 Å². The van der Waals surface area contributed by atoms with Crippen LogP contribution >= 0.6 is 0 Å². The molecule has 15 heavy (non-hydrogen) atoms. The van der Waals surface area contributed by atoms with Gasteiger partial charge in [0.25, 0.3) is 0 Å². The van der Waals surface area contributed by atoms with E-state index in [1.54, 1.807) is 12.3 Å². The van der Waals surface area contributed by atoms with Gasteiger partial charge in [0, 0.05) is 11.6 Å². The Balaban J connectivity index is 2.80. The number of aromatic amines is 1. The molecule has 0 spiro atoms. The smallest absolute Gasteiger partial charge is 0.337 e. The Morgan fingerprint density at radius 3 is 2.47 bits per heavy atom. The number of rotatable bonds is 2. The number of benzene rings is 1. The van der Waals surface area contributed by atoms with Gasteiger partial charge in [0.05, 0.1) is 16.6 Å². The summed E-state index contributed by atoms with van der Waals surface area (Å²) in [6.45, 7) is 0. The van der Waals surface area contributed by atoms with Gasteiger partial charge in [-0.1, -0.05) is 0 Å². The second-order valence-corrected chi connectivity index (χ2v) is 3.08. The molecular formula is C10H7NO4. The van der Waals surface area contributed by atoms with Gasteiger partial charge in [0.1, 0.15) is 0 Å². The second-order valence-electron chi connectivity index (χ2n) is 3.08. The molecule has 0 aliphatic carbocycles. The minimum absolute atomic E-state index is 0.0282. The minimum atomic E-state index is -1.15. The molecule has 1 aromatic carbocycles.